The molecule has 0 aromatic heterocycles. The normalized spacial score (nSPS) is 25.3. The molecule has 0 bridgehead atoms. The van der Waals surface area contributed by atoms with Crippen LogP contribution in [-0.4, -0.2) is 95.7 Å². The Hall–Kier alpha value is -1.93. The third-order valence-electron chi connectivity index (χ3n) is 7.83. The fourth-order valence-electron chi connectivity index (χ4n) is 5.78. The first-order valence-corrected chi connectivity index (χ1v) is 13.8. The van der Waals surface area contributed by atoms with E-state index < -0.39 is 0 Å². The van der Waals surface area contributed by atoms with E-state index in [9.17, 15) is 9.18 Å². The van der Waals surface area contributed by atoms with Crippen LogP contribution in [0.1, 0.15) is 24.8 Å². The Morgan fingerprint density at radius 3 is 2.31 bits per heavy atom. The van der Waals surface area contributed by atoms with Gasteiger partial charge in [-0.2, -0.15) is 0 Å². The van der Waals surface area contributed by atoms with Crippen LogP contribution >= 0.6 is 11.8 Å². The van der Waals surface area contributed by atoms with E-state index in [1.807, 2.05) is 18.2 Å². The van der Waals surface area contributed by atoms with Crippen LogP contribution in [-0.2, 0) is 11.3 Å². The number of piperidine rings is 1. The second kappa shape index (κ2) is 11.4. The summed E-state index contributed by atoms with van der Waals surface area (Å²) in [6.45, 7) is 7.63. The molecular formula is C28H37FN4OS. The Morgan fingerprint density at radius 2 is 1.63 bits per heavy atom. The largest absolute Gasteiger partial charge is 0.339 e. The molecule has 2 aromatic rings. The van der Waals surface area contributed by atoms with Crippen molar-refractivity contribution in [3.8, 4) is 0 Å². The SMILES string of the molecule is CN1CCC(N2CCN(C(=O)[C@@H]3C[C@@H](Sc4ccc(F)cc4)CN3Cc3ccccc3)CC2)CC1. The van der Waals surface area contributed by atoms with Gasteiger partial charge in [-0.25, -0.2) is 4.39 Å². The number of thioether (sulfide) groups is 1. The lowest BCUT2D eigenvalue weighted by molar-refractivity contribution is -0.138. The number of hydrogen-bond donors (Lipinski definition) is 0. The summed E-state index contributed by atoms with van der Waals surface area (Å²) in [5.74, 6) is 0.0742. The van der Waals surface area contributed by atoms with E-state index in [0.717, 1.165) is 50.6 Å². The van der Waals surface area contributed by atoms with E-state index in [2.05, 4.69) is 50.9 Å². The van der Waals surface area contributed by atoms with Crippen molar-refractivity contribution in [1.82, 2.24) is 19.6 Å². The van der Waals surface area contributed by atoms with Gasteiger partial charge in [0.05, 0.1) is 6.04 Å². The highest BCUT2D eigenvalue weighted by Crippen LogP contribution is 2.34. The Morgan fingerprint density at radius 1 is 0.943 bits per heavy atom. The Labute approximate surface area is 213 Å². The van der Waals surface area contributed by atoms with Crippen molar-refractivity contribution in [3.63, 3.8) is 0 Å². The molecule has 0 spiro atoms. The summed E-state index contributed by atoms with van der Waals surface area (Å²) in [6, 6.07) is 17.8. The monoisotopic (exact) mass is 496 g/mol. The summed E-state index contributed by atoms with van der Waals surface area (Å²) in [6.07, 6.45) is 3.31. The van der Waals surface area contributed by atoms with Crippen molar-refractivity contribution in [2.24, 2.45) is 0 Å². The van der Waals surface area contributed by atoms with Crippen LogP contribution < -0.4 is 0 Å². The molecule has 35 heavy (non-hydrogen) atoms. The van der Waals surface area contributed by atoms with Gasteiger partial charge in [-0.1, -0.05) is 30.3 Å². The van der Waals surface area contributed by atoms with E-state index in [0.29, 0.717) is 11.3 Å². The number of carbonyl (C=O) groups is 1. The molecule has 2 atom stereocenters. The molecule has 3 aliphatic heterocycles. The number of carbonyl (C=O) groups excluding carboxylic acids is 1. The molecule has 5 rings (SSSR count). The fourth-order valence-corrected chi connectivity index (χ4v) is 7.00. The molecule has 188 valence electrons. The maximum Gasteiger partial charge on any atom is 0.240 e. The summed E-state index contributed by atoms with van der Waals surface area (Å²) in [5, 5.41) is 0.318. The molecule has 0 unspecified atom stereocenters. The topological polar surface area (TPSA) is 30.0 Å². The summed E-state index contributed by atoms with van der Waals surface area (Å²) in [7, 11) is 2.21. The van der Waals surface area contributed by atoms with Crippen molar-refractivity contribution in [3.05, 3.63) is 66.0 Å². The van der Waals surface area contributed by atoms with Crippen molar-refractivity contribution in [2.45, 2.75) is 48.0 Å². The highest BCUT2D eigenvalue weighted by Gasteiger charge is 2.40. The first-order valence-electron chi connectivity index (χ1n) is 13.0. The van der Waals surface area contributed by atoms with E-state index in [-0.39, 0.29) is 17.8 Å². The van der Waals surface area contributed by atoms with E-state index in [1.165, 1.54) is 43.6 Å². The molecule has 3 aliphatic rings. The zero-order valence-electron chi connectivity index (χ0n) is 20.7. The molecule has 3 heterocycles. The van der Waals surface area contributed by atoms with Gasteiger partial charge < -0.3 is 9.80 Å². The standard InChI is InChI=1S/C28H37FN4OS/c1-30-13-11-24(12-14-30)31-15-17-32(18-16-31)28(34)27-19-26(35-25-9-7-23(29)8-10-25)21-33(27)20-22-5-3-2-4-6-22/h2-10,24,26-27H,11-21H2,1H3/t26-,27+/m1/s1. The van der Waals surface area contributed by atoms with Crippen LogP contribution in [0.2, 0.25) is 0 Å². The second-order valence-electron chi connectivity index (χ2n) is 10.3. The summed E-state index contributed by atoms with van der Waals surface area (Å²) < 4.78 is 13.4. The maximum absolute atomic E-state index is 13.8. The van der Waals surface area contributed by atoms with Crippen molar-refractivity contribution in [1.29, 1.82) is 0 Å². The lowest BCUT2D eigenvalue weighted by atomic mass is 10.0. The van der Waals surface area contributed by atoms with Crippen LogP contribution in [0.4, 0.5) is 4.39 Å². The summed E-state index contributed by atoms with van der Waals surface area (Å²) in [5.41, 5.74) is 1.24. The molecular weight excluding hydrogens is 459 g/mol. The molecule has 0 saturated carbocycles. The average molecular weight is 497 g/mol. The molecule has 5 nitrogen and oxygen atoms in total. The van der Waals surface area contributed by atoms with Crippen LogP contribution in [0.5, 0.6) is 0 Å². The Bertz CT molecular complexity index is 959. The van der Waals surface area contributed by atoms with Gasteiger partial charge in [-0.3, -0.25) is 14.6 Å². The van der Waals surface area contributed by atoms with Gasteiger partial charge in [-0.15, -0.1) is 11.8 Å². The first-order chi connectivity index (χ1) is 17.0. The van der Waals surface area contributed by atoms with Crippen molar-refractivity contribution < 1.29 is 9.18 Å². The molecule has 0 N–H and O–H groups in total. The fraction of sp³-hybridized carbons (Fsp3) is 0.536. The molecule has 3 fully saturated rings. The number of hydrogen-bond acceptors (Lipinski definition) is 5. The van der Waals surface area contributed by atoms with E-state index in [1.54, 1.807) is 11.8 Å². The number of likely N-dealkylation sites (tertiary alicyclic amines) is 2. The van der Waals surface area contributed by atoms with E-state index in [4.69, 9.17) is 0 Å². The zero-order valence-corrected chi connectivity index (χ0v) is 21.5. The molecule has 7 heteroatoms. The minimum absolute atomic E-state index is 0.0944. The van der Waals surface area contributed by atoms with Crippen LogP contribution in [0.25, 0.3) is 0 Å². The van der Waals surface area contributed by atoms with Gasteiger partial charge >= 0.3 is 0 Å². The predicted molar refractivity (Wildman–Crippen MR) is 140 cm³/mol. The lowest BCUT2D eigenvalue weighted by Crippen LogP contribution is -2.56. The maximum atomic E-state index is 13.8. The second-order valence-corrected chi connectivity index (χ2v) is 11.6. The number of halogens is 1. The highest BCUT2D eigenvalue weighted by molar-refractivity contribution is 8.00. The van der Waals surface area contributed by atoms with Gasteiger partial charge in [-0.05, 0) is 69.2 Å². The molecule has 1 amide bonds. The Kier molecular flexibility index (Phi) is 8.07. The summed E-state index contributed by atoms with van der Waals surface area (Å²) >= 11 is 1.77. The summed E-state index contributed by atoms with van der Waals surface area (Å²) in [4.78, 5) is 24.3. The van der Waals surface area contributed by atoms with Crippen LogP contribution in [0.3, 0.4) is 0 Å². The van der Waals surface area contributed by atoms with Gasteiger partial charge in [0.2, 0.25) is 5.91 Å². The number of benzene rings is 2. The Balaban J connectivity index is 1.22. The van der Waals surface area contributed by atoms with E-state index >= 15 is 0 Å². The van der Waals surface area contributed by atoms with Gasteiger partial charge in [0.15, 0.2) is 0 Å². The number of rotatable bonds is 6. The number of nitrogens with zero attached hydrogens (tertiary/aromatic N) is 4. The number of amides is 1. The van der Waals surface area contributed by atoms with Crippen LogP contribution in [0.15, 0.2) is 59.5 Å². The quantitative estimate of drug-likeness (QED) is 0.607. The lowest BCUT2D eigenvalue weighted by Gasteiger charge is -2.43. The minimum atomic E-state index is -0.209. The van der Waals surface area contributed by atoms with Gasteiger partial charge in [0.1, 0.15) is 5.82 Å². The molecule has 2 aromatic carbocycles. The number of piperazine rings is 1. The smallest absolute Gasteiger partial charge is 0.240 e. The average Bonchev–Trinajstić information content (AvgIpc) is 3.28. The van der Waals surface area contributed by atoms with Crippen molar-refractivity contribution >= 4 is 17.7 Å². The van der Waals surface area contributed by atoms with Crippen molar-refractivity contribution in [2.75, 3.05) is 52.9 Å². The molecule has 0 radical (unpaired) electrons. The molecule has 0 aliphatic carbocycles. The minimum Gasteiger partial charge on any atom is -0.339 e. The first kappa shape index (κ1) is 24.8. The highest BCUT2D eigenvalue weighted by atomic mass is 32.2. The van der Waals surface area contributed by atoms with Gasteiger partial charge in [0, 0.05) is 55.5 Å². The third kappa shape index (κ3) is 6.26. The van der Waals surface area contributed by atoms with Crippen LogP contribution in [0, 0.1) is 5.82 Å². The third-order valence-corrected chi connectivity index (χ3v) is 9.04. The molecule has 3 saturated heterocycles. The predicted octanol–water partition coefficient (Wildman–Crippen LogP) is 3.80. The zero-order chi connectivity index (χ0) is 24.2. The van der Waals surface area contributed by atoms with Gasteiger partial charge in [0.25, 0.3) is 0 Å².